The van der Waals surface area contributed by atoms with E-state index in [1.807, 2.05) is 13.8 Å². The highest BCUT2D eigenvalue weighted by atomic mass is 79.9. The highest BCUT2D eigenvalue weighted by Gasteiger charge is 2.34. The van der Waals surface area contributed by atoms with Gasteiger partial charge >= 0.3 is 6.18 Å². The van der Waals surface area contributed by atoms with E-state index >= 15 is 0 Å². The molecule has 0 radical (unpaired) electrons. The second-order valence-corrected chi connectivity index (χ2v) is 3.55. The van der Waals surface area contributed by atoms with Crippen LogP contribution in [0.4, 0.5) is 23.2 Å². The molecule has 16 heavy (non-hydrogen) atoms. The van der Waals surface area contributed by atoms with Gasteiger partial charge in [-0.05, 0) is 34.5 Å². The molecule has 0 aliphatic rings. The molecule has 0 saturated heterocycles. The van der Waals surface area contributed by atoms with Crippen molar-refractivity contribution in [3.05, 3.63) is 27.5 Å². The van der Waals surface area contributed by atoms with Gasteiger partial charge < -0.3 is 5.73 Å². The maximum atomic E-state index is 12.9. The Morgan fingerprint density at radius 1 is 1.25 bits per heavy atom. The molecule has 0 aromatic heterocycles. The molecule has 2 N–H and O–H groups in total. The number of alkyl halides is 3. The van der Waals surface area contributed by atoms with Crippen LogP contribution in [0.15, 0.2) is 10.5 Å². The lowest BCUT2D eigenvalue weighted by atomic mass is 10.1. The van der Waals surface area contributed by atoms with Gasteiger partial charge in [-0.25, -0.2) is 4.39 Å². The van der Waals surface area contributed by atoms with E-state index in [-0.39, 0.29) is 15.7 Å². The zero-order chi connectivity index (χ0) is 13.1. The minimum atomic E-state index is -4.59. The second kappa shape index (κ2) is 5.52. The third-order valence-electron chi connectivity index (χ3n) is 1.80. The molecule has 0 aliphatic heterocycles. The van der Waals surface area contributed by atoms with Crippen molar-refractivity contribution in [2.45, 2.75) is 26.9 Å². The molecule has 1 aromatic rings. The van der Waals surface area contributed by atoms with Crippen LogP contribution in [0.5, 0.6) is 0 Å². The van der Waals surface area contributed by atoms with E-state index in [9.17, 15) is 17.6 Å². The van der Waals surface area contributed by atoms with E-state index in [2.05, 4.69) is 15.9 Å². The molecule has 0 unspecified atom stereocenters. The normalized spacial score (nSPS) is 10.8. The molecule has 0 fully saturated rings. The predicted octanol–water partition coefficient (Wildman–Crippen LogP) is 4.52. The number of halogens is 5. The lowest BCUT2D eigenvalue weighted by molar-refractivity contribution is -0.138. The zero-order valence-electron chi connectivity index (χ0n) is 9.04. The highest BCUT2D eigenvalue weighted by Crippen LogP contribution is 2.39. The van der Waals surface area contributed by atoms with Gasteiger partial charge in [0.05, 0.1) is 11.3 Å². The van der Waals surface area contributed by atoms with E-state index in [1.165, 1.54) is 6.92 Å². The van der Waals surface area contributed by atoms with Gasteiger partial charge in [-0.15, -0.1) is 0 Å². The topological polar surface area (TPSA) is 26.0 Å². The first kappa shape index (κ1) is 15.2. The van der Waals surface area contributed by atoms with Crippen molar-refractivity contribution in [2.24, 2.45) is 0 Å². The molecule has 0 spiro atoms. The summed E-state index contributed by atoms with van der Waals surface area (Å²) in [6, 6.07) is 0.381. The third kappa shape index (κ3) is 3.10. The number of hydrogen-bond donors (Lipinski definition) is 1. The van der Waals surface area contributed by atoms with Gasteiger partial charge in [0.15, 0.2) is 0 Å². The summed E-state index contributed by atoms with van der Waals surface area (Å²) in [7, 11) is 0. The van der Waals surface area contributed by atoms with Crippen LogP contribution >= 0.6 is 15.9 Å². The summed E-state index contributed by atoms with van der Waals surface area (Å²) >= 11 is 2.73. The van der Waals surface area contributed by atoms with Crippen LogP contribution in [-0.2, 0) is 6.18 Å². The van der Waals surface area contributed by atoms with Gasteiger partial charge in [0.2, 0.25) is 0 Å². The molecule has 1 rings (SSSR count). The summed E-state index contributed by atoms with van der Waals surface area (Å²) < 4.78 is 49.6. The Kier molecular flexibility index (Phi) is 5.25. The molecular weight excluding hydrogens is 290 g/mol. The summed E-state index contributed by atoms with van der Waals surface area (Å²) in [5, 5.41) is 0. The van der Waals surface area contributed by atoms with Gasteiger partial charge in [0.1, 0.15) is 5.82 Å². The number of hydrogen-bond acceptors (Lipinski definition) is 1. The van der Waals surface area contributed by atoms with Crippen molar-refractivity contribution in [1.29, 1.82) is 0 Å². The summed E-state index contributed by atoms with van der Waals surface area (Å²) in [6.07, 6.45) is -4.59. The fourth-order valence-corrected chi connectivity index (χ4v) is 1.53. The average molecular weight is 302 g/mol. The van der Waals surface area contributed by atoms with Crippen molar-refractivity contribution in [3.8, 4) is 0 Å². The minimum Gasteiger partial charge on any atom is -0.396 e. The fourth-order valence-electron chi connectivity index (χ4n) is 0.973. The van der Waals surface area contributed by atoms with E-state index in [1.54, 1.807) is 0 Å². The number of anilines is 1. The van der Waals surface area contributed by atoms with Crippen LogP contribution in [0, 0.1) is 12.7 Å². The first-order valence-corrected chi connectivity index (χ1v) is 5.35. The van der Waals surface area contributed by atoms with Crippen LogP contribution in [-0.4, -0.2) is 0 Å². The minimum absolute atomic E-state index is 0.0531. The fraction of sp³-hybridized carbons (Fsp3) is 0.400. The standard InChI is InChI=1S/C8H6BrF4N.C2H6/c1-3-6(9)4(8(11,12)13)2-5(10)7(3)14;1-2/h2H,14H2,1H3;1-2H3. The average Bonchev–Trinajstić information content (AvgIpc) is 2.21. The van der Waals surface area contributed by atoms with Crippen LogP contribution in [0.3, 0.4) is 0 Å². The van der Waals surface area contributed by atoms with Crippen molar-refractivity contribution in [1.82, 2.24) is 0 Å². The molecule has 0 aliphatic carbocycles. The molecule has 1 aromatic carbocycles. The Hall–Kier alpha value is -0.780. The first-order chi connectivity index (χ1) is 7.25. The van der Waals surface area contributed by atoms with Crippen molar-refractivity contribution >= 4 is 21.6 Å². The Morgan fingerprint density at radius 3 is 2.06 bits per heavy atom. The smallest absolute Gasteiger partial charge is 0.396 e. The Bertz CT molecular complexity index is 374. The van der Waals surface area contributed by atoms with Crippen LogP contribution in [0.25, 0.3) is 0 Å². The molecular formula is C10H12BrF4N. The Balaban J connectivity index is 0.00000106. The van der Waals surface area contributed by atoms with Gasteiger partial charge in [0, 0.05) is 4.47 Å². The van der Waals surface area contributed by atoms with E-state index in [0.717, 1.165) is 0 Å². The quantitative estimate of drug-likeness (QED) is 0.553. The van der Waals surface area contributed by atoms with Crippen molar-refractivity contribution in [3.63, 3.8) is 0 Å². The number of benzene rings is 1. The highest BCUT2D eigenvalue weighted by molar-refractivity contribution is 9.10. The SMILES string of the molecule is CC.Cc1c(N)c(F)cc(C(F)(F)F)c1Br. The van der Waals surface area contributed by atoms with Gasteiger partial charge in [0.25, 0.3) is 0 Å². The largest absolute Gasteiger partial charge is 0.417 e. The second-order valence-electron chi connectivity index (χ2n) is 2.76. The Labute approximate surface area is 99.8 Å². The molecule has 92 valence electrons. The zero-order valence-corrected chi connectivity index (χ0v) is 10.6. The van der Waals surface area contributed by atoms with Crippen LogP contribution < -0.4 is 5.73 Å². The van der Waals surface area contributed by atoms with E-state index in [0.29, 0.717) is 6.07 Å². The van der Waals surface area contributed by atoms with Gasteiger partial charge in [-0.2, -0.15) is 13.2 Å². The summed E-state index contributed by atoms with van der Waals surface area (Å²) in [5.74, 6) is -1.06. The van der Waals surface area contributed by atoms with Gasteiger partial charge in [-0.3, -0.25) is 0 Å². The summed E-state index contributed by atoms with van der Waals surface area (Å²) in [5.41, 5.74) is 3.95. The Morgan fingerprint density at radius 2 is 1.69 bits per heavy atom. The van der Waals surface area contributed by atoms with Crippen molar-refractivity contribution in [2.75, 3.05) is 5.73 Å². The van der Waals surface area contributed by atoms with E-state index < -0.39 is 17.6 Å². The number of rotatable bonds is 0. The van der Waals surface area contributed by atoms with E-state index in [4.69, 9.17) is 5.73 Å². The molecule has 0 amide bonds. The number of nitrogens with two attached hydrogens (primary N) is 1. The molecule has 1 nitrogen and oxygen atoms in total. The molecule has 0 atom stereocenters. The summed E-state index contributed by atoms with van der Waals surface area (Å²) in [6.45, 7) is 5.32. The predicted molar refractivity (Wildman–Crippen MR) is 59.6 cm³/mol. The first-order valence-electron chi connectivity index (χ1n) is 4.56. The van der Waals surface area contributed by atoms with Crippen LogP contribution in [0.1, 0.15) is 25.0 Å². The lowest BCUT2D eigenvalue weighted by Crippen LogP contribution is -2.09. The third-order valence-corrected chi connectivity index (χ3v) is 2.83. The van der Waals surface area contributed by atoms with Gasteiger partial charge in [-0.1, -0.05) is 13.8 Å². The molecule has 0 heterocycles. The monoisotopic (exact) mass is 301 g/mol. The lowest BCUT2D eigenvalue weighted by Gasteiger charge is -2.13. The molecule has 0 saturated carbocycles. The molecule has 6 heteroatoms. The summed E-state index contributed by atoms with van der Waals surface area (Å²) in [4.78, 5) is 0. The van der Waals surface area contributed by atoms with Crippen LogP contribution in [0.2, 0.25) is 0 Å². The maximum Gasteiger partial charge on any atom is 0.417 e. The van der Waals surface area contributed by atoms with Crippen molar-refractivity contribution < 1.29 is 17.6 Å². The maximum absolute atomic E-state index is 12.9. The number of nitrogen functional groups attached to an aromatic ring is 1. The molecule has 0 bridgehead atoms.